The first-order chi connectivity index (χ1) is 16.5. The highest BCUT2D eigenvalue weighted by molar-refractivity contribution is 6.31. The van der Waals surface area contributed by atoms with Gasteiger partial charge in [-0.2, -0.15) is 0 Å². The molecule has 3 aliphatic rings. The topological polar surface area (TPSA) is 152 Å². The Bertz CT molecular complexity index is 1370. The van der Waals surface area contributed by atoms with Crippen LogP contribution in [-0.4, -0.2) is 44.9 Å². The third kappa shape index (κ3) is 3.09. The number of aliphatic hydroxyl groups is 1. The quantitative estimate of drug-likeness (QED) is 0.544. The second-order valence-corrected chi connectivity index (χ2v) is 9.35. The van der Waals surface area contributed by atoms with Crippen molar-refractivity contribution in [3.8, 4) is 16.9 Å². The molecule has 5 atom stereocenters. The van der Waals surface area contributed by atoms with E-state index in [4.69, 9.17) is 5.73 Å². The molecule has 35 heavy (non-hydrogen) atoms. The summed E-state index contributed by atoms with van der Waals surface area (Å²) in [5.41, 5.74) is 3.12. The molecule has 2 aromatic carbocycles. The third-order valence-corrected chi connectivity index (χ3v) is 7.52. The lowest BCUT2D eigenvalue weighted by Gasteiger charge is -2.48. The number of hydrogen-bond acceptors (Lipinski definition) is 7. The van der Waals surface area contributed by atoms with Gasteiger partial charge in [0.1, 0.15) is 5.75 Å². The van der Waals surface area contributed by atoms with E-state index in [1.165, 1.54) is 18.2 Å². The van der Waals surface area contributed by atoms with Gasteiger partial charge in [0.15, 0.2) is 46.3 Å². The first kappa shape index (κ1) is 23.0. The van der Waals surface area contributed by atoms with Crippen molar-refractivity contribution in [2.24, 2.45) is 29.4 Å². The van der Waals surface area contributed by atoms with Gasteiger partial charge in [0.25, 0.3) is 0 Å². The number of phenols is 1. The molecule has 0 spiro atoms. The van der Waals surface area contributed by atoms with E-state index in [1.54, 1.807) is 0 Å². The van der Waals surface area contributed by atoms with Crippen LogP contribution in [0.2, 0.25) is 0 Å². The molecule has 0 bridgehead atoms. The molecule has 4 N–H and O–H groups in total. The van der Waals surface area contributed by atoms with E-state index in [9.17, 15) is 43.0 Å². The van der Waals surface area contributed by atoms with Crippen LogP contribution in [0.25, 0.3) is 11.1 Å². The number of halogens is 2. The lowest BCUT2D eigenvalue weighted by atomic mass is 9.53. The van der Waals surface area contributed by atoms with Crippen LogP contribution in [0.4, 0.5) is 8.78 Å². The summed E-state index contributed by atoms with van der Waals surface area (Å²) in [6.45, 7) is 0. The van der Waals surface area contributed by atoms with Crippen molar-refractivity contribution in [3.05, 3.63) is 53.1 Å². The van der Waals surface area contributed by atoms with E-state index >= 15 is 0 Å². The lowest BCUT2D eigenvalue weighted by Crippen LogP contribution is -2.68. The second-order valence-electron chi connectivity index (χ2n) is 9.35. The molecule has 0 radical (unpaired) electrons. The molecule has 2 aromatic rings. The van der Waals surface area contributed by atoms with Gasteiger partial charge in [-0.15, -0.1) is 0 Å². The monoisotopic (exact) mass is 483 g/mol. The molecule has 0 heterocycles. The van der Waals surface area contributed by atoms with Gasteiger partial charge in [-0.1, -0.05) is 12.1 Å². The molecular weight excluding hydrogens is 464 g/mol. The lowest BCUT2D eigenvalue weighted by molar-refractivity contribution is -0.175. The number of carbonyl (C=O) groups is 5. The highest BCUT2D eigenvalue weighted by Crippen LogP contribution is 2.51. The SMILES string of the molecule is NC(=O)C1C(=O)C[C@@H]2C[C@@H]3Cc4c(-c5ccc(F)c(F)c5)ccc(O)c4C(=O)C3C(=O)[C@]2(O)C1=O. The zero-order valence-electron chi connectivity index (χ0n) is 18.1. The number of rotatable bonds is 2. The Morgan fingerprint density at radius 2 is 1.71 bits per heavy atom. The van der Waals surface area contributed by atoms with Gasteiger partial charge in [-0.25, -0.2) is 8.78 Å². The van der Waals surface area contributed by atoms with Gasteiger partial charge in [-0.3, -0.25) is 24.0 Å². The number of amides is 1. The van der Waals surface area contributed by atoms with E-state index in [0.29, 0.717) is 11.1 Å². The number of benzene rings is 2. The predicted molar refractivity (Wildman–Crippen MR) is 114 cm³/mol. The summed E-state index contributed by atoms with van der Waals surface area (Å²) < 4.78 is 27.4. The Hall–Kier alpha value is -3.79. The van der Waals surface area contributed by atoms with Crippen molar-refractivity contribution in [2.75, 3.05) is 0 Å². The molecule has 8 nitrogen and oxygen atoms in total. The molecular formula is C25H19F2NO7. The van der Waals surface area contributed by atoms with Gasteiger partial charge in [0.2, 0.25) is 5.91 Å². The summed E-state index contributed by atoms with van der Waals surface area (Å²) in [7, 11) is 0. The number of phenolic OH excluding ortho intramolecular Hbond substituents is 1. The van der Waals surface area contributed by atoms with Crippen LogP contribution in [0.1, 0.15) is 28.8 Å². The van der Waals surface area contributed by atoms with Crippen LogP contribution < -0.4 is 5.73 Å². The average molecular weight is 483 g/mol. The van der Waals surface area contributed by atoms with E-state index in [0.717, 1.165) is 12.1 Å². The van der Waals surface area contributed by atoms with E-state index in [-0.39, 0.29) is 24.0 Å². The fourth-order valence-electron chi connectivity index (χ4n) is 5.90. The average Bonchev–Trinajstić information content (AvgIpc) is 2.78. The minimum atomic E-state index is -2.73. The maximum atomic E-state index is 13.9. The summed E-state index contributed by atoms with van der Waals surface area (Å²) in [5, 5.41) is 21.6. The Morgan fingerprint density at radius 1 is 1.00 bits per heavy atom. The fraction of sp³-hybridized carbons (Fsp3) is 0.320. The number of aromatic hydroxyl groups is 1. The molecule has 0 aliphatic heterocycles. The number of Topliss-reactive ketones (excluding diaryl/α,β-unsaturated/α-hetero) is 4. The van der Waals surface area contributed by atoms with Crippen LogP contribution in [0.5, 0.6) is 5.75 Å². The largest absolute Gasteiger partial charge is 0.507 e. The van der Waals surface area contributed by atoms with Crippen LogP contribution in [0.15, 0.2) is 30.3 Å². The molecule has 2 unspecified atom stereocenters. The van der Waals surface area contributed by atoms with Crippen molar-refractivity contribution in [1.29, 1.82) is 0 Å². The van der Waals surface area contributed by atoms with Gasteiger partial charge in [-0.05, 0) is 53.6 Å². The van der Waals surface area contributed by atoms with Crippen molar-refractivity contribution >= 4 is 29.0 Å². The molecule has 2 saturated carbocycles. The first-order valence-electron chi connectivity index (χ1n) is 10.9. The van der Waals surface area contributed by atoms with E-state index < -0.39 is 82.1 Å². The molecule has 180 valence electrons. The van der Waals surface area contributed by atoms with Crippen LogP contribution >= 0.6 is 0 Å². The highest BCUT2D eigenvalue weighted by Gasteiger charge is 2.66. The van der Waals surface area contributed by atoms with Crippen molar-refractivity contribution in [1.82, 2.24) is 0 Å². The smallest absolute Gasteiger partial charge is 0.235 e. The van der Waals surface area contributed by atoms with Crippen molar-refractivity contribution < 1.29 is 43.0 Å². The normalized spacial score (nSPS) is 29.9. The van der Waals surface area contributed by atoms with E-state index in [1.807, 2.05) is 0 Å². The molecule has 2 fully saturated rings. The fourth-order valence-corrected chi connectivity index (χ4v) is 5.90. The summed E-state index contributed by atoms with van der Waals surface area (Å²) in [6, 6.07) is 5.82. The van der Waals surface area contributed by atoms with Gasteiger partial charge in [0, 0.05) is 12.3 Å². The third-order valence-electron chi connectivity index (χ3n) is 7.52. The number of primary amides is 1. The Labute approximate surface area is 196 Å². The van der Waals surface area contributed by atoms with E-state index in [2.05, 4.69) is 0 Å². The summed E-state index contributed by atoms with van der Waals surface area (Å²) in [6.07, 6.45) is -0.468. The molecule has 5 rings (SSSR count). The Kier molecular flexibility index (Phi) is 4.99. The summed E-state index contributed by atoms with van der Waals surface area (Å²) in [4.78, 5) is 63.9. The zero-order valence-corrected chi connectivity index (χ0v) is 18.1. The Morgan fingerprint density at radius 3 is 2.37 bits per heavy atom. The molecule has 0 saturated heterocycles. The number of carbonyl (C=O) groups excluding carboxylic acids is 5. The van der Waals surface area contributed by atoms with Crippen LogP contribution in [-0.2, 0) is 25.6 Å². The molecule has 0 aromatic heterocycles. The Balaban J connectivity index is 1.62. The number of hydrogen-bond donors (Lipinski definition) is 3. The van der Waals surface area contributed by atoms with Crippen LogP contribution in [0.3, 0.4) is 0 Å². The van der Waals surface area contributed by atoms with Gasteiger partial charge in [0.05, 0.1) is 11.5 Å². The zero-order chi connectivity index (χ0) is 25.4. The minimum absolute atomic E-state index is 0.0361. The number of fused-ring (bicyclic) bond motifs is 3. The predicted octanol–water partition coefficient (Wildman–Crippen LogP) is 1.27. The van der Waals surface area contributed by atoms with Crippen molar-refractivity contribution in [2.45, 2.75) is 24.9 Å². The molecule has 1 amide bonds. The van der Waals surface area contributed by atoms with Gasteiger partial charge < -0.3 is 15.9 Å². The molecule has 10 heteroatoms. The number of nitrogens with two attached hydrogens (primary N) is 1. The van der Waals surface area contributed by atoms with Gasteiger partial charge >= 0.3 is 0 Å². The molecule has 3 aliphatic carbocycles. The summed E-state index contributed by atoms with van der Waals surface area (Å²) >= 11 is 0. The maximum Gasteiger partial charge on any atom is 0.235 e. The second kappa shape index (κ2) is 7.61. The minimum Gasteiger partial charge on any atom is -0.507 e. The van der Waals surface area contributed by atoms with Crippen molar-refractivity contribution in [3.63, 3.8) is 0 Å². The summed E-state index contributed by atoms with van der Waals surface area (Å²) in [5.74, 6) is -13.3. The van der Waals surface area contributed by atoms with Crippen LogP contribution in [0, 0.1) is 35.3 Å². The standard InChI is InChI=1S/C25H19F2NO7/c26-14-3-1-9(7-15(14)27)12-2-4-16(29)19-13(12)6-10-5-11-8-17(30)20(24(28)34)23(33)25(11,35)22(32)18(10)21(19)31/h1-4,7,10-11,18,20,29,35H,5-6,8H2,(H2,28,34)/t10-,11+,18?,20?,25+/m1/s1. The highest BCUT2D eigenvalue weighted by atomic mass is 19.2. The number of ketones is 4. The maximum absolute atomic E-state index is 13.9. The first-order valence-corrected chi connectivity index (χ1v) is 10.9.